The zero-order valence-corrected chi connectivity index (χ0v) is 13.0. The number of imidazole rings is 1. The van der Waals surface area contributed by atoms with Crippen LogP contribution in [0.2, 0.25) is 0 Å². The summed E-state index contributed by atoms with van der Waals surface area (Å²) < 4.78 is 0. The minimum atomic E-state index is -1.74. The molecule has 0 unspecified atom stereocenters. The van der Waals surface area contributed by atoms with E-state index in [4.69, 9.17) is 0 Å². The molecule has 0 bridgehead atoms. The lowest BCUT2D eigenvalue weighted by atomic mass is 10.2. The van der Waals surface area contributed by atoms with E-state index in [9.17, 15) is 30.1 Å². The molecule has 10 nitrogen and oxygen atoms in total. The summed E-state index contributed by atoms with van der Waals surface area (Å²) in [6.45, 7) is 0. The molecule has 0 fully saturated rings. The molecule has 0 spiro atoms. The van der Waals surface area contributed by atoms with Crippen molar-refractivity contribution in [1.29, 1.82) is 0 Å². The van der Waals surface area contributed by atoms with Crippen LogP contribution in [-0.2, 0) is 0 Å². The summed E-state index contributed by atoms with van der Waals surface area (Å²) in [5, 5.41) is 33.7. The summed E-state index contributed by atoms with van der Waals surface area (Å²) in [6, 6.07) is 8.40. The number of nitrogens with zero attached hydrogens (tertiary/aromatic N) is 3. The Morgan fingerprint density at radius 2 is 1.68 bits per heavy atom. The highest BCUT2D eigenvalue weighted by Gasteiger charge is 2.29. The second kappa shape index (κ2) is 6.20. The highest BCUT2D eigenvalue weighted by Crippen LogP contribution is 2.41. The van der Waals surface area contributed by atoms with E-state index in [1.807, 2.05) is 0 Å². The van der Waals surface area contributed by atoms with E-state index in [1.165, 1.54) is 0 Å². The van der Waals surface area contributed by atoms with Gasteiger partial charge >= 0.3 is 0 Å². The van der Waals surface area contributed by atoms with Gasteiger partial charge in [-0.15, -0.1) is 0 Å². The Morgan fingerprint density at radius 3 is 2.20 bits per heavy atom. The minimum absolute atomic E-state index is 0.202. The van der Waals surface area contributed by atoms with Crippen molar-refractivity contribution in [2.45, 2.75) is 10.1 Å². The van der Waals surface area contributed by atoms with Crippen molar-refractivity contribution in [2.24, 2.45) is 0 Å². The number of benzene rings is 2. The van der Waals surface area contributed by atoms with Crippen LogP contribution in [0.15, 0.2) is 46.5 Å². The largest absolute Gasteiger partial charge is 0.545 e. The van der Waals surface area contributed by atoms with Gasteiger partial charge in [0.25, 0.3) is 11.4 Å². The molecule has 11 heteroatoms. The zero-order valence-electron chi connectivity index (χ0n) is 12.2. The first kappa shape index (κ1) is 16.4. The number of aromatic amines is 1. The van der Waals surface area contributed by atoms with Gasteiger partial charge in [0.15, 0.2) is 10.1 Å². The predicted molar refractivity (Wildman–Crippen MR) is 84.3 cm³/mol. The van der Waals surface area contributed by atoms with E-state index in [-0.39, 0.29) is 10.1 Å². The first-order chi connectivity index (χ1) is 11.9. The van der Waals surface area contributed by atoms with Crippen molar-refractivity contribution in [1.82, 2.24) is 9.97 Å². The lowest BCUT2D eigenvalue weighted by Gasteiger charge is -2.06. The maximum Gasteiger partial charge on any atom is 0.291 e. The van der Waals surface area contributed by atoms with E-state index < -0.39 is 32.8 Å². The third-order valence-electron chi connectivity index (χ3n) is 3.25. The SMILES string of the molecule is O=C([O-])c1cc([N+](=O)[O-])c(Sc2nc3ccccc3[nH]2)c([N+](=O)[O-])c1. The van der Waals surface area contributed by atoms with Gasteiger partial charge in [0.2, 0.25) is 0 Å². The monoisotopic (exact) mass is 359 g/mol. The van der Waals surface area contributed by atoms with E-state index in [0.29, 0.717) is 22.8 Å². The molecule has 0 aliphatic heterocycles. The number of H-pyrrole nitrogens is 1. The van der Waals surface area contributed by atoms with Crippen molar-refractivity contribution >= 4 is 40.1 Å². The van der Waals surface area contributed by atoms with Crippen molar-refractivity contribution in [3.8, 4) is 0 Å². The first-order valence-electron chi connectivity index (χ1n) is 6.67. The van der Waals surface area contributed by atoms with E-state index in [0.717, 1.165) is 12.1 Å². The van der Waals surface area contributed by atoms with Gasteiger partial charge in [-0.05, 0) is 23.9 Å². The molecule has 3 rings (SSSR count). The highest BCUT2D eigenvalue weighted by atomic mass is 32.2. The number of para-hydroxylation sites is 2. The smallest absolute Gasteiger partial charge is 0.291 e. The molecule has 1 heterocycles. The fourth-order valence-electron chi connectivity index (χ4n) is 2.17. The molecule has 126 valence electrons. The van der Waals surface area contributed by atoms with Gasteiger partial charge in [-0.2, -0.15) is 0 Å². The fraction of sp³-hybridized carbons (Fsp3) is 0. The molecule has 0 aliphatic carbocycles. The predicted octanol–water partition coefficient (Wildman–Crippen LogP) is 1.89. The number of aromatic carboxylic acids is 1. The zero-order chi connectivity index (χ0) is 18.1. The van der Waals surface area contributed by atoms with Crippen molar-refractivity contribution in [3.63, 3.8) is 0 Å². The molecular formula is C14H7N4O6S-. The molecule has 1 aromatic heterocycles. The first-order valence-corrected chi connectivity index (χ1v) is 7.49. The van der Waals surface area contributed by atoms with Crippen LogP contribution in [0, 0.1) is 20.2 Å². The van der Waals surface area contributed by atoms with Crippen LogP contribution in [0.1, 0.15) is 10.4 Å². The number of carbonyl (C=O) groups is 1. The maximum atomic E-state index is 11.3. The summed E-state index contributed by atoms with van der Waals surface area (Å²) in [6.07, 6.45) is 0. The number of aromatic nitrogens is 2. The molecule has 0 amide bonds. The van der Waals surface area contributed by atoms with Crippen LogP contribution in [0.3, 0.4) is 0 Å². The fourth-order valence-corrected chi connectivity index (χ4v) is 3.14. The molecule has 3 aromatic rings. The van der Waals surface area contributed by atoms with E-state index in [2.05, 4.69) is 9.97 Å². The van der Waals surface area contributed by atoms with Crippen LogP contribution in [0.4, 0.5) is 11.4 Å². The number of hydrogen-bond acceptors (Lipinski definition) is 8. The Kier molecular flexibility index (Phi) is 4.07. The Bertz CT molecular complexity index is 963. The van der Waals surface area contributed by atoms with Gasteiger partial charge in [-0.25, -0.2) is 4.98 Å². The number of rotatable bonds is 5. The van der Waals surface area contributed by atoms with Gasteiger partial charge in [0, 0.05) is 17.7 Å². The molecule has 0 radical (unpaired) electrons. The van der Waals surface area contributed by atoms with Gasteiger partial charge < -0.3 is 14.9 Å². The molecule has 0 atom stereocenters. The minimum Gasteiger partial charge on any atom is -0.545 e. The van der Waals surface area contributed by atoms with Crippen molar-refractivity contribution in [2.75, 3.05) is 0 Å². The van der Waals surface area contributed by atoms with Crippen molar-refractivity contribution in [3.05, 3.63) is 62.2 Å². The lowest BCUT2D eigenvalue weighted by Crippen LogP contribution is -2.22. The average molecular weight is 359 g/mol. The lowest BCUT2D eigenvalue weighted by molar-refractivity contribution is -0.399. The van der Waals surface area contributed by atoms with Crippen LogP contribution in [-0.4, -0.2) is 25.8 Å². The molecule has 0 saturated heterocycles. The van der Waals surface area contributed by atoms with Gasteiger partial charge in [0.05, 0.1) is 26.8 Å². The number of nitro benzene ring substituents is 2. The standard InChI is InChI=1S/C14H8N4O6S/c19-13(20)7-5-10(17(21)22)12(11(6-7)18(23)24)25-14-15-8-3-1-2-4-9(8)16-14/h1-6H,(H,15,16)(H,19,20)/p-1. The van der Waals surface area contributed by atoms with Crippen LogP contribution < -0.4 is 5.11 Å². The molecule has 0 saturated carbocycles. The number of hydrogen-bond donors (Lipinski definition) is 1. The highest BCUT2D eigenvalue weighted by molar-refractivity contribution is 7.99. The average Bonchev–Trinajstić information content (AvgIpc) is 2.96. The second-order valence-corrected chi connectivity index (χ2v) is 5.81. The van der Waals surface area contributed by atoms with Gasteiger partial charge in [-0.3, -0.25) is 20.2 Å². The van der Waals surface area contributed by atoms with Gasteiger partial charge in [-0.1, -0.05) is 12.1 Å². The number of fused-ring (bicyclic) bond motifs is 1. The van der Waals surface area contributed by atoms with Crippen molar-refractivity contribution < 1.29 is 19.7 Å². The van der Waals surface area contributed by atoms with Crippen LogP contribution in [0.25, 0.3) is 11.0 Å². The van der Waals surface area contributed by atoms with Gasteiger partial charge in [0.1, 0.15) is 0 Å². The second-order valence-electron chi connectivity index (χ2n) is 4.81. The molecule has 25 heavy (non-hydrogen) atoms. The summed E-state index contributed by atoms with van der Waals surface area (Å²) in [4.78, 5) is 38.5. The van der Waals surface area contributed by atoms with E-state index >= 15 is 0 Å². The molecular weight excluding hydrogens is 352 g/mol. The van der Waals surface area contributed by atoms with Crippen LogP contribution in [0.5, 0.6) is 0 Å². The molecule has 0 aliphatic rings. The van der Waals surface area contributed by atoms with E-state index in [1.54, 1.807) is 24.3 Å². The normalized spacial score (nSPS) is 10.7. The Hall–Kier alpha value is -3.47. The Morgan fingerprint density at radius 1 is 1.08 bits per heavy atom. The summed E-state index contributed by atoms with van der Waals surface area (Å²) in [7, 11) is 0. The summed E-state index contributed by atoms with van der Waals surface area (Å²) in [5.74, 6) is -1.74. The summed E-state index contributed by atoms with van der Waals surface area (Å²) in [5.41, 5.74) is -0.826. The molecule has 2 aromatic carbocycles. The quantitative estimate of drug-likeness (QED) is 0.535. The number of nitrogens with one attached hydrogen (secondary N) is 1. The topological polar surface area (TPSA) is 155 Å². The number of carboxylic acid groups (broad SMARTS) is 1. The maximum absolute atomic E-state index is 11.3. The summed E-state index contributed by atoms with van der Waals surface area (Å²) >= 11 is 0.680. The number of carboxylic acids is 1. The molecule has 1 N–H and O–H groups in total. The van der Waals surface area contributed by atoms with Crippen LogP contribution >= 0.6 is 11.8 Å². The number of carbonyl (C=O) groups excluding carboxylic acids is 1. The number of nitro groups is 2. The third kappa shape index (κ3) is 3.12. The Balaban J connectivity index is 2.17. The Labute approximate surface area is 142 Å². The third-order valence-corrected chi connectivity index (χ3v) is 4.25.